The third kappa shape index (κ3) is 3.77. The molecule has 138 valence electrons. The molecule has 0 radical (unpaired) electrons. The average Bonchev–Trinajstić information content (AvgIpc) is 3.26. The third-order valence-electron chi connectivity index (χ3n) is 4.94. The van der Waals surface area contributed by atoms with Gasteiger partial charge in [-0.15, -0.1) is 0 Å². The Kier molecular flexibility index (Phi) is 5.01. The molecule has 0 spiro atoms. The number of benzene rings is 2. The minimum atomic E-state index is -0.422. The Hall–Kier alpha value is -2.95. The zero-order chi connectivity index (χ0) is 18.6. The van der Waals surface area contributed by atoms with Crippen LogP contribution in [0, 0.1) is 0 Å². The van der Waals surface area contributed by atoms with E-state index in [1.165, 1.54) is 0 Å². The highest BCUT2D eigenvalue weighted by molar-refractivity contribution is 5.81. The van der Waals surface area contributed by atoms with Gasteiger partial charge in [-0.3, -0.25) is 9.78 Å². The number of rotatable bonds is 5. The van der Waals surface area contributed by atoms with Crippen molar-refractivity contribution in [3.63, 3.8) is 0 Å². The van der Waals surface area contributed by atoms with Gasteiger partial charge in [0.2, 0.25) is 0 Å². The maximum absolute atomic E-state index is 12.6. The number of carbonyl (C=O) groups is 1. The monoisotopic (exact) mass is 361 g/mol. The lowest BCUT2D eigenvalue weighted by atomic mass is 10.1. The van der Waals surface area contributed by atoms with Crippen LogP contribution in [0.15, 0.2) is 54.7 Å². The minimum Gasteiger partial charge on any atom is -0.481 e. The first-order valence-electron chi connectivity index (χ1n) is 9.52. The normalized spacial score (nSPS) is 15.1. The lowest BCUT2D eigenvalue weighted by molar-refractivity contribution is -0.137. The Morgan fingerprint density at radius 2 is 1.78 bits per heavy atom. The first kappa shape index (κ1) is 17.5. The number of carbonyl (C=O) groups excluding carboxylic acids is 1. The molecule has 2 aromatic carbocycles. The summed E-state index contributed by atoms with van der Waals surface area (Å²) in [5.74, 6) is 0.798. The standard InChI is InChI=1S/C22H23N3O2/c1-2-21(22(26)25-13-5-6-14-25)27-17-11-9-16(10-12-17)20-15-23-18-7-3-4-8-19(18)24-20/h3-4,7-12,15,21H,2,5-6,13-14H2,1H3/t21-/m0/s1. The lowest BCUT2D eigenvalue weighted by Crippen LogP contribution is -2.40. The third-order valence-corrected chi connectivity index (χ3v) is 4.94. The second kappa shape index (κ2) is 7.74. The predicted octanol–water partition coefficient (Wildman–Crippen LogP) is 4.08. The van der Waals surface area contributed by atoms with Gasteiger partial charge >= 0.3 is 0 Å². The molecule has 0 saturated carbocycles. The molecular weight excluding hydrogens is 338 g/mol. The maximum Gasteiger partial charge on any atom is 0.263 e. The van der Waals surface area contributed by atoms with E-state index in [4.69, 9.17) is 4.74 Å². The number of hydrogen-bond donors (Lipinski definition) is 0. The molecule has 1 aliphatic rings. The molecule has 1 saturated heterocycles. The van der Waals surface area contributed by atoms with E-state index in [-0.39, 0.29) is 5.91 Å². The predicted molar refractivity (Wildman–Crippen MR) is 105 cm³/mol. The molecule has 1 aliphatic heterocycles. The Balaban J connectivity index is 1.49. The van der Waals surface area contributed by atoms with E-state index in [2.05, 4.69) is 9.97 Å². The molecule has 4 rings (SSSR count). The molecule has 5 nitrogen and oxygen atoms in total. The molecule has 1 fully saturated rings. The van der Waals surface area contributed by atoms with Gasteiger partial charge in [0.25, 0.3) is 5.91 Å². The van der Waals surface area contributed by atoms with Crippen molar-refractivity contribution < 1.29 is 9.53 Å². The summed E-state index contributed by atoms with van der Waals surface area (Å²) >= 11 is 0. The number of fused-ring (bicyclic) bond motifs is 1. The molecule has 1 aromatic heterocycles. The molecule has 0 N–H and O–H groups in total. The van der Waals surface area contributed by atoms with Gasteiger partial charge in [0.1, 0.15) is 5.75 Å². The van der Waals surface area contributed by atoms with Gasteiger partial charge in [0.05, 0.1) is 22.9 Å². The number of ether oxygens (including phenoxy) is 1. The molecular formula is C22H23N3O2. The van der Waals surface area contributed by atoms with Gasteiger partial charge < -0.3 is 9.64 Å². The van der Waals surface area contributed by atoms with Crippen molar-refractivity contribution in [3.05, 3.63) is 54.7 Å². The molecule has 0 aliphatic carbocycles. The quantitative estimate of drug-likeness (QED) is 0.687. The summed E-state index contributed by atoms with van der Waals surface area (Å²) < 4.78 is 5.97. The largest absolute Gasteiger partial charge is 0.481 e. The number of para-hydroxylation sites is 2. The van der Waals surface area contributed by atoms with E-state index in [0.29, 0.717) is 12.2 Å². The lowest BCUT2D eigenvalue weighted by Gasteiger charge is -2.23. The summed E-state index contributed by atoms with van der Waals surface area (Å²) in [5, 5.41) is 0. The molecule has 1 atom stereocenters. The van der Waals surface area contributed by atoms with Gasteiger partial charge in [-0.25, -0.2) is 4.98 Å². The fourth-order valence-corrected chi connectivity index (χ4v) is 3.41. The molecule has 27 heavy (non-hydrogen) atoms. The zero-order valence-electron chi connectivity index (χ0n) is 15.5. The van der Waals surface area contributed by atoms with Gasteiger partial charge in [0, 0.05) is 18.7 Å². The van der Waals surface area contributed by atoms with Crippen LogP contribution in [-0.4, -0.2) is 40.0 Å². The molecule has 0 unspecified atom stereocenters. The van der Waals surface area contributed by atoms with E-state index >= 15 is 0 Å². The van der Waals surface area contributed by atoms with Crippen LogP contribution in [0.3, 0.4) is 0 Å². The highest BCUT2D eigenvalue weighted by Crippen LogP contribution is 2.23. The molecule has 0 bridgehead atoms. The van der Waals surface area contributed by atoms with Crippen LogP contribution in [0.1, 0.15) is 26.2 Å². The highest BCUT2D eigenvalue weighted by atomic mass is 16.5. The van der Waals surface area contributed by atoms with Crippen molar-refractivity contribution in [1.82, 2.24) is 14.9 Å². The van der Waals surface area contributed by atoms with Crippen molar-refractivity contribution in [3.8, 4) is 17.0 Å². The summed E-state index contributed by atoms with van der Waals surface area (Å²) in [6, 6.07) is 15.5. The van der Waals surface area contributed by atoms with E-state index in [1.54, 1.807) is 6.20 Å². The summed E-state index contributed by atoms with van der Waals surface area (Å²) in [6.45, 7) is 3.67. The highest BCUT2D eigenvalue weighted by Gasteiger charge is 2.26. The molecule has 3 aromatic rings. The molecule has 5 heteroatoms. The zero-order valence-corrected chi connectivity index (χ0v) is 15.5. The summed E-state index contributed by atoms with van der Waals surface area (Å²) in [5.41, 5.74) is 3.55. The van der Waals surface area contributed by atoms with Crippen molar-refractivity contribution in [2.24, 2.45) is 0 Å². The average molecular weight is 361 g/mol. The summed E-state index contributed by atoms with van der Waals surface area (Å²) in [7, 11) is 0. The molecule has 1 amide bonds. The van der Waals surface area contributed by atoms with Crippen LogP contribution >= 0.6 is 0 Å². The Labute approximate surface area is 159 Å². The number of likely N-dealkylation sites (tertiary alicyclic amines) is 1. The van der Waals surface area contributed by atoms with Crippen LogP contribution in [0.4, 0.5) is 0 Å². The summed E-state index contributed by atoms with van der Waals surface area (Å²) in [6.07, 6.45) is 4.19. The van der Waals surface area contributed by atoms with Crippen LogP contribution in [-0.2, 0) is 4.79 Å². The fraction of sp³-hybridized carbons (Fsp3) is 0.318. The summed E-state index contributed by atoms with van der Waals surface area (Å²) in [4.78, 5) is 23.6. The smallest absolute Gasteiger partial charge is 0.263 e. The number of hydrogen-bond acceptors (Lipinski definition) is 4. The van der Waals surface area contributed by atoms with Crippen molar-refractivity contribution >= 4 is 16.9 Å². The number of aromatic nitrogens is 2. The second-order valence-corrected chi connectivity index (χ2v) is 6.82. The van der Waals surface area contributed by atoms with Crippen molar-refractivity contribution in [1.29, 1.82) is 0 Å². The van der Waals surface area contributed by atoms with Crippen molar-refractivity contribution in [2.45, 2.75) is 32.3 Å². The Bertz CT molecular complexity index is 934. The first-order valence-corrected chi connectivity index (χ1v) is 9.52. The van der Waals surface area contributed by atoms with E-state index in [1.807, 2.05) is 60.4 Å². The topological polar surface area (TPSA) is 55.3 Å². The van der Waals surface area contributed by atoms with Crippen molar-refractivity contribution in [2.75, 3.05) is 13.1 Å². The second-order valence-electron chi connectivity index (χ2n) is 6.82. The number of nitrogens with zero attached hydrogens (tertiary/aromatic N) is 3. The first-order chi connectivity index (χ1) is 13.2. The van der Waals surface area contributed by atoms with Gasteiger partial charge in [-0.05, 0) is 55.7 Å². The van der Waals surface area contributed by atoms with Crippen LogP contribution in [0.2, 0.25) is 0 Å². The van der Waals surface area contributed by atoms with Gasteiger partial charge in [-0.1, -0.05) is 19.1 Å². The van der Waals surface area contributed by atoms with Gasteiger partial charge in [0.15, 0.2) is 6.10 Å². The van der Waals surface area contributed by atoms with Crippen LogP contribution in [0.5, 0.6) is 5.75 Å². The van der Waals surface area contributed by atoms with Gasteiger partial charge in [-0.2, -0.15) is 0 Å². The van der Waals surface area contributed by atoms with E-state index in [0.717, 1.165) is 48.2 Å². The number of amides is 1. The Morgan fingerprint density at radius 1 is 1.07 bits per heavy atom. The maximum atomic E-state index is 12.6. The fourth-order valence-electron chi connectivity index (χ4n) is 3.41. The van der Waals surface area contributed by atoms with Crippen LogP contribution in [0.25, 0.3) is 22.3 Å². The van der Waals surface area contributed by atoms with E-state index in [9.17, 15) is 4.79 Å². The van der Waals surface area contributed by atoms with Crippen LogP contribution < -0.4 is 4.74 Å². The SMILES string of the molecule is CC[C@H](Oc1ccc(-c2cnc3ccccc3n2)cc1)C(=O)N1CCCC1. The minimum absolute atomic E-state index is 0.0967. The Morgan fingerprint density at radius 3 is 2.48 bits per heavy atom. The molecule has 2 heterocycles. The van der Waals surface area contributed by atoms with E-state index < -0.39 is 6.10 Å².